The van der Waals surface area contributed by atoms with Gasteiger partial charge in [-0.15, -0.1) is 0 Å². The number of hydrogen-bond donors (Lipinski definition) is 4. The Labute approximate surface area is 234 Å². The van der Waals surface area contributed by atoms with E-state index < -0.39 is 35.1 Å². The molecule has 2 amide bonds. The number of nitrogens with one attached hydrogen (secondary N) is 3. The number of amides is 2. The summed E-state index contributed by atoms with van der Waals surface area (Å²) in [5.74, 6) is -1.46. The van der Waals surface area contributed by atoms with E-state index >= 15 is 4.39 Å². The number of nitrogen functional groups attached to an aromatic ring is 1. The minimum atomic E-state index is -1.22. The monoisotopic (exact) mass is 544 g/mol. The summed E-state index contributed by atoms with van der Waals surface area (Å²) in [4.78, 5) is 28.4. The van der Waals surface area contributed by atoms with Crippen LogP contribution in [0.4, 0.5) is 21.5 Å². The maximum atomic E-state index is 16.0. The lowest BCUT2D eigenvalue weighted by molar-refractivity contribution is -0.122. The van der Waals surface area contributed by atoms with E-state index in [2.05, 4.69) is 36.7 Å². The van der Waals surface area contributed by atoms with Crippen molar-refractivity contribution in [2.24, 2.45) is 5.41 Å². The van der Waals surface area contributed by atoms with Gasteiger partial charge in [-0.3, -0.25) is 9.59 Å². The third kappa shape index (κ3) is 4.50. The fraction of sp³-hybridized carbons (Fsp3) is 0.375. The molecule has 5 rings (SSSR count). The van der Waals surface area contributed by atoms with Crippen molar-refractivity contribution in [3.8, 4) is 5.75 Å². The molecule has 0 aromatic heterocycles. The van der Waals surface area contributed by atoms with Crippen molar-refractivity contribution < 1.29 is 18.7 Å². The molecule has 0 aliphatic carbocycles. The highest BCUT2D eigenvalue weighted by atomic mass is 19.1. The Bertz CT molecular complexity index is 1500. The van der Waals surface area contributed by atoms with Gasteiger partial charge in [-0.2, -0.15) is 0 Å². The maximum Gasteiger partial charge on any atom is 0.242 e. The molecule has 0 saturated carbocycles. The van der Waals surface area contributed by atoms with E-state index in [9.17, 15) is 9.59 Å². The number of nitrogens with two attached hydrogens (primary N) is 1. The highest BCUT2D eigenvalue weighted by Gasteiger charge is 2.66. The smallest absolute Gasteiger partial charge is 0.242 e. The Morgan fingerprint density at radius 1 is 1.12 bits per heavy atom. The van der Waals surface area contributed by atoms with Gasteiger partial charge in [-0.25, -0.2) is 4.39 Å². The zero-order chi connectivity index (χ0) is 29.0. The van der Waals surface area contributed by atoms with Crippen LogP contribution in [-0.2, 0) is 15.0 Å². The Kier molecular flexibility index (Phi) is 6.86. The van der Waals surface area contributed by atoms with Crippen LogP contribution < -0.4 is 26.4 Å². The third-order valence-electron chi connectivity index (χ3n) is 8.14. The Balaban J connectivity index is 1.72. The standard InChI is InChI=1S/C32H37FN4O3/c1-17-10-12-21-23(14-17)36-30(39)32(21)25(16-31(3,4)5)37-28(26(32)20-9-7-8-18(2)27(20)33)29(38)35-22-13-11-19(34)15-24(22)40-6/h7-15,25-26,28,37H,16,34H2,1-6H3,(H,35,38)(H,36,39)/t25?,26?,28-,32-/m1/s1. The molecule has 5 N–H and O–H groups in total. The van der Waals surface area contributed by atoms with Crippen molar-refractivity contribution in [2.75, 3.05) is 23.5 Å². The number of benzene rings is 3. The molecule has 4 atom stereocenters. The van der Waals surface area contributed by atoms with Crippen molar-refractivity contribution >= 4 is 28.9 Å². The second-order valence-electron chi connectivity index (χ2n) is 12.2. The van der Waals surface area contributed by atoms with Crippen LogP contribution in [-0.4, -0.2) is 31.0 Å². The second-order valence-corrected chi connectivity index (χ2v) is 12.2. The predicted molar refractivity (Wildman–Crippen MR) is 156 cm³/mol. The first-order chi connectivity index (χ1) is 18.9. The minimum Gasteiger partial charge on any atom is -0.494 e. The molecule has 0 radical (unpaired) electrons. The lowest BCUT2D eigenvalue weighted by atomic mass is 9.62. The summed E-state index contributed by atoms with van der Waals surface area (Å²) in [5, 5.41) is 9.58. The van der Waals surface area contributed by atoms with E-state index in [0.29, 0.717) is 40.4 Å². The summed E-state index contributed by atoms with van der Waals surface area (Å²) < 4.78 is 21.5. The van der Waals surface area contributed by atoms with Gasteiger partial charge in [0.25, 0.3) is 0 Å². The van der Waals surface area contributed by atoms with Crippen molar-refractivity contribution in [1.29, 1.82) is 0 Å². The van der Waals surface area contributed by atoms with Crippen molar-refractivity contribution in [2.45, 2.75) is 64.5 Å². The van der Waals surface area contributed by atoms with Crippen molar-refractivity contribution in [3.63, 3.8) is 0 Å². The molecule has 3 aromatic carbocycles. The fourth-order valence-electron chi connectivity index (χ4n) is 6.47. The summed E-state index contributed by atoms with van der Waals surface area (Å²) >= 11 is 0. The molecule has 2 unspecified atom stereocenters. The summed E-state index contributed by atoms with van der Waals surface area (Å²) in [7, 11) is 1.50. The van der Waals surface area contributed by atoms with Gasteiger partial charge >= 0.3 is 0 Å². The quantitative estimate of drug-likeness (QED) is 0.321. The van der Waals surface area contributed by atoms with Gasteiger partial charge in [0.1, 0.15) is 17.0 Å². The molecule has 2 aliphatic heterocycles. The lowest BCUT2D eigenvalue weighted by Gasteiger charge is -2.37. The van der Waals surface area contributed by atoms with Gasteiger partial charge in [-0.05, 0) is 66.1 Å². The summed E-state index contributed by atoms with van der Waals surface area (Å²) in [6.45, 7) is 9.95. The largest absolute Gasteiger partial charge is 0.494 e. The molecule has 3 aromatic rings. The van der Waals surface area contributed by atoms with Crippen LogP contribution in [0.1, 0.15) is 55.4 Å². The number of ether oxygens (including phenoxy) is 1. The molecule has 2 aliphatic rings. The molecule has 7 nitrogen and oxygen atoms in total. The summed E-state index contributed by atoms with van der Waals surface area (Å²) in [6.07, 6.45) is 0.576. The number of methoxy groups -OCH3 is 1. The molecule has 210 valence electrons. The molecule has 40 heavy (non-hydrogen) atoms. The van der Waals surface area contributed by atoms with Crippen LogP contribution in [0.15, 0.2) is 54.6 Å². The number of carbonyl (C=O) groups excluding carboxylic acids is 2. The fourth-order valence-corrected chi connectivity index (χ4v) is 6.47. The van der Waals surface area contributed by atoms with E-state index in [1.165, 1.54) is 7.11 Å². The van der Waals surface area contributed by atoms with Crippen molar-refractivity contribution in [3.05, 3.63) is 82.7 Å². The molecule has 2 heterocycles. The second kappa shape index (κ2) is 9.93. The summed E-state index contributed by atoms with van der Waals surface area (Å²) in [6, 6.07) is 14.6. The number of rotatable bonds is 5. The van der Waals surface area contributed by atoms with Crippen LogP contribution in [0.3, 0.4) is 0 Å². The predicted octanol–water partition coefficient (Wildman–Crippen LogP) is 5.42. The average Bonchev–Trinajstić information content (AvgIpc) is 3.35. The van der Waals surface area contributed by atoms with E-state index in [1.54, 1.807) is 43.3 Å². The van der Waals surface area contributed by atoms with Gasteiger partial charge in [0.2, 0.25) is 11.8 Å². The van der Waals surface area contributed by atoms with E-state index in [1.807, 2.05) is 25.1 Å². The minimum absolute atomic E-state index is 0.195. The van der Waals surface area contributed by atoms with E-state index in [4.69, 9.17) is 10.5 Å². The Morgan fingerprint density at radius 2 is 1.88 bits per heavy atom. The van der Waals surface area contributed by atoms with Crippen LogP contribution in [0.25, 0.3) is 0 Å². The van der Waals surface area contributed by atoms with E-state index in [-0.39, 0.29) is 11.3 Å². The first-order valence-electron chi connectivity index (χ1n) is 13.5. The first-order valence-corrected chi connectivity index (χ1v) is 13.5. The van der Waals surface area contributed by atoms with Crippen LogP contribution >= 0.6 is 0 Å². The molecule has 8 heteroatoms. The van der Waals surface area contributed by atoms with Crippen molar-refractivity contribution in [1.82, 2.24) is 5.32 Å². The maximum absolute atomic E-state index is 16.0. The molecule has 1 saturated heterocycles. The molecule has 1 spiro atoms. The average molecular weight is 545 g/mol. The number of carbonyl (C=O) groups is 2. The van der Waals surface area contributed by atoms with Crippen LogP contribution in [0, 0.1) is 25.1 Å². The molecule has 1 fully saturated rings. The van der Waals surface area contributed by atoms with Gasteiger partial charge in [0.05, 0.1) is 18.8 Å². The zero-order valence-corrected chi connectivity index (χ0v) is 23.8. The number of anilines is 3. The first kappa shape index (κ1) is 27.6. The van der Waals surface area contributed by atoms with Gasteiger partial charge < -0.3 is 26.4 Å². The third-order valence-corrected chi connectivity index (χ3v) is 8.14. The SMILES string of the molecule is COc1cc(N)ccc1NC(=O)[C@@H]1NC(CC(C)(C)C)[C@@]2(C(=O)Nc3cc(C)ccc32)C1c1cccc(C)c1F. The highest BCUT2D eigenvalue weighted by molar-refractivity contribution is 6.10. The Morgan fingerprint density at radius 3 is 2.58 bits per heavy atom. The topological polar surface area (TPSA) is 105 Å². The summed E-state index contributed by atoms with van der Waals surface area (Å²) in [5.41, 5.74) is 8.69. The van der Waals surface area contributed by atoms with Crippen LogP contribution in [0.5, 0.6) is 5.75 Å². The number of hydrogen-bond acceptors (Lipinski definition) is 5. The number of aryl methyl sites for hydroxylation is 2. The van der Waals surface area contributed by atoms with Gasteiger partial charge in [0, 0.05) is 29.4 Å². The highest BCUT2D eigenvalue weighted by Crippen LogP contribution is 2.57. The normalized spacial score (nSPS) is 23.7. The molecular formula is C32H37FN4O3. The van der Waals surface area contributed by atoms with Gasteiger partial charge in [0.15, 0.2) is 0 Å². The Hall–Kier alpha value is -3.91. The zero-order valence-electron chi connectivity index (χ0n) is 23.8. The molecular weight excluding hydrogens is 507 g/mol. The number of fused-ring (bicyclic) bond motifs is 2. The lowest BCUT2D eigenvalue weighted by Crippen LogP contribution is -2.49. The number of halogens is 1. The van der Waals surface area contributed by atoms with Crippen LogP contribution in [0.2, 0.25) is 0 Å². The molecule has 0 bridgehead atoms. The van der Waals surface area contributed by atoms with E-state index in [0.717, 1.165) is 11.1 Å². The van der Waals surface area contributed by atoms with Gasteiger partial charge in [-0.1, -0.05) is 51.1 Å².